The van der Waals surface area contributed by atoms with Crippen molar-refractivity contribution in [2.75, 3.05) is 27.3 Å². The quantitative estimate of drug-likeness (QED) is 0.478. The fourth-order valence-corrected chi connectivity index (χ4v) is 0.0577. The summed E-state index contributed by atoms with van der Waals surface area (Å²) in [4.78, 5) is 11.6. The number of amides is 1. The van der Waals surface area contributed by atoms with E-state index >= 15 is 0 Å². The number of aliphatic hydroxyl groups excluding tert-OH is 3. The average molecular weight is 179 g/mol. The van der Waals surface area contributed by atoms with Crippen molar-refractivity contribution in [3.05, 3.63) is 0 Å². The normalized spacial score (nSPS) is 8.92. The molecule has 0 aliphatic rings. The van der Waals surface area contributed by atoms with Gasteiger partial charge in [0.2, 0.25) is 5.91 Å². The van der Waals surface area contributed by atoms with Crippen LogP contribution in [0.1, 0.15) is 6.92 Å². The predicted octanol–water partition coefficient (Wildman–Crippen LogP) is -1.57. The first-order valence-corrected chi connectivity index (χ1v) is 3.53. The summed E-state index contributed by atoms with van der Waals surface area (Å²) in [5, 5.41) is 24.0. The number of hydrogen-bond acceptors (Lipinski definition) is 4. The van der Waals surface area contributed by atoms with Crippen LogP contribution in [0.3, 0.4) is 0 Å². The molecule has 0 unspecified atom stereocenters. The van der Waals surface area contributed by atoms with Gasteiger partial charge in [-0.1, -0.05) is 0 Å². The minimum Gasteiger partial charge on any atom is -0.394 e. The summed E-state index contributed by atoms with van der Waals surface area (Å²) in [6.45, 7) is 0.799. The smallest absolute Gasteiger partial charge is 0.218 e. The van der Waals surface area contributed by atoms with Crippen molar-refractivity contribution >= 4 is 5.91 Å². The van der Waals surface area contributed by atoms with E-state index in [2.05, 4.69) is 0 Å². The Labute approximate surface area is 72.2 Å². The predicted molar refractivity (Wildman–Crippen MR) is 44.5 cm³/mol. The first kappa shape index (κ1) is 13.9. The molecule has 0 aromatic carbocycles. The minimum absolute atomic E-state index is 0.0926. The summed E-state index contributed by atoms with van der Waals surface area (Å²) >= 11 is 0. The third kappa shape index (κ3) is 12.1. The second-order valence-electron chi connectivity index (χ2n) is 2.43. The summed E-state index contributed by atoms with van der Waals surface area (Å²) in [5.74, 6) is 0.0926. The molecule has 0 spiro atoms. The maximum Gasteiger partial charge on any atom is 0.218 e. The molecule has 0 rings (SSSR count). The maximum atomic E-state index is 10.1. The van der Waals surface area contributed by atoms with Crippen LogP contribution in [0.15, 0.2) is 0 Å². The van der Waals surface area contributed by atoms with Crippen molar-refractivity contribution in [2.24, 2.45) is 0 Å². The number of nitrogens with zero attached hydrogens (tertiary/aromatic N) is 1. The molecule has 5 nitrogen and oxygen atoms in total. The molecule has 0 aliphatic heterocycles. The molecule has 0 radical (unpaired) electrons. The molecule has 0 atom stereocenters. The Kier molecular flexibility index (Phi) is 9.79. The molecule has 0 fully saturated rings. The van der Waals surface area contributed by atoms with E-state index < -0.39 is 6.10 Å². The van der Waals surface area contributed by atoms with E-state index in [1.54, 1.807) is 14.1 Å². The molecule has 12 heavy (non-hydrogen) atoms. The Bertz CT molecular complexity index is 112. The van der Waals surface area contributed by atoms with Gasteiger partial charge in [0.05, 0.1) is 13.2 Å². The molecule has 74 valence electrons. The van der Waals surface area contributed by atoms with Gasteiger partial charge in [-0.05, 0) is 0 Å². The van der Waals surface area contributed by atoms with E-state index in [1.807, 2.05) is 0 Å². The lowest BCUT2D eigenvalue weighted by Crippen LogP contribution is -2.17. The highest BCUT2D eigenvalue weighted by atomic mass is 16.3. The summed E-state index contributed by atoms with van der Waals surface area (Å²) in [7, 11) is 3.45. The van der Waals surface area contributed by atoms with Crippen LogP contribution in [0.4, 0.5) is 0 Å². The van der Waals surface area contributed by atoms with Crippen LogP contribution >= 0.6 is 0 Å². The molecule has 1 amide bonds. The number of rotatable bonds is 2. The van der Waals surface area contributed by atoms with Crippen LogP contribution in [0.25, 0.3) is 0 Å². The Morgan fingerprint density at radius 2 is 1.58 bits per heavy atom. The summed E-state index contributed by atoms with van der Waals surface area (Å²) in [6.07, 6.45) is -0.954. The van der Waals surface area contributed by atoms with Crippen LogP contribution in [-0.4, -0.2) is 59.5 Å². The van der Waals surface area contributed by atoms with Crippen molar-refractivity contribution in [1.29, 1.82) is 0 Å². The highest BCUT2D eigenvalue weighted by Gasteiger charge is 1.93. The first-order valence-electron chi connectivity index (χ1n) is 3.53. The third-order valence-corrected chi connectivity index (χ3v) is 1.05. The summed E-state index contributed by atoms with van der Waals surface area (Å²) in [5.41, 5.74) is 0. The number of hydrogen-bond donors (Lipinski definition) is 3. The largest absolute Gasteiger partial charge is 0.394 e. The lowest BCUT2D eigenvalue weighted by Gasteiger charge is -2.02. The maximum absolute atomic E-state index is 10.1. The van der Waals surface area contributed by atoms with E-state index in [1.165, 1.54) is 11.8 Å². The van der Waals surface area contributed by atoms with Gasteiger partial charge in [0, 0.05) is 21.0 Å². The number of carbonyl (C=O) groups excluding carboxylic acids is 1. The zero-order valence-electron chi connectivity index (χ0n) is 7.69. The minimum atomic E-state index is -0.954. The number of carbonyl (C=O) groups is 1. The monoisotopic (exact) mass is 179 g/mol. The SMILES string of the molecule is CC(=O)N(C)C.OCC(O)CO. The fourth-order valence-electron chi connectivity index (χ4n) is 0.0577. The van der Waals surface area contributed by atoms with Gasteiger partial charge in [0.1, 0.15) is 6.10 Å². The highest BCUT2D eigenvalue weighted by Crippen LogP contribution is 1.71. The van der Waals surface area contributed by atoms with E-state index in [4.69, 9.17) is 15.3 Å². The van der Waals surface area contributed by atoms with Crippen molar-refractivity contribution in [3.63, 3.8) is 0 Å². The van der Waals surface area contributed by atoms with Gasteiger partial charge in [-0.2, -0.15) is 0 Å². The highest BCUT2D eigenvalue weighted by molar-refractivity contribution is 5.72. The molecule has 3 N–H and O–H groups in total. The van der Waals surface area contributed by atoms with Gasteiger partial charge in [0.25, 0.3) is 0 Å². The van der Waals surface area contributed by atoms with Crippen LogP contribution < -0.4 is 0 Å². The molecular weight excluding hydrogens is 162 g/mol. The molecule has 0 saturated carbocycles. The van der Waals surface area contributed by atoms with Crippen molar-refractivity contribution in [3.8, 4) is 0 Å². The van der Waals surface area contributed by atoms with E-state index in [0.717, 1.165) is 0 Å². The van der Waals surface area contributed by atoms with Gasteiger partial charge in [-0.25, -0.2) is 0 Å². The van der Waals surface area contributed by atoms with Crippen molar-refractivity contribution in [1.82, 2.24) is 4.90 Å². The molecule has 0 saturated heterocycles. The fraction of sp³-hybridized carbons (Fsp3) is 0.857. The molecule has 5 heteroatoms. The Balaban J connectivity index is 0. The van der Waals surface area contributed by atoms with Crippen LogP contribution in [0.5, 0.6) is 0 Å². The first-order chi connectivity index (χ1) is 5.45. The Morgan fingerprint density at radius 1 is 1.33 bits per heavy atom. The Morgan fingerprint density at radius 3 is 1.58 bits per heavy atom. The summed E-state index contributed by atoms with van der Waals surface area (Å²) < 4.78 is 0. The van der Waals surface area contributed by atoms with Crippen molar-refractivity contribution in [2.45, 2.75) is 13.0 Å². The summed E-state index contributed by atoms with van der Waals surface area (Å²) in [6, 6.07) is 0. The van der Waals surface area contributed by atoms with Crippen molar-refractivity contribution < 1.29 is 20.1 Å². The van der Waals surface area contributed by atoms with E-state index in [9.17, 15) is 4.79 Å². The Hall–Kier alpha value is -0.650. The van der Waals surface area contributed by atoms with Gasteiger partial charge >= 0.3 is 0 Å². The van der Waals surface area contributed by atoms with Gasteiger partial charge in [-0.15, -0.1) is 0 Å². The van der Waals surface area contributed by atoms with Gasteiger partial charge < -0.3 is 20.2 Å². The molecule has 0 aromatic rings. The zero-order valence-corrected chi connectivity index (χ0v) is 7.69. The third-order valence-electron chi connectivity index (χ3n) is 1.05. The standard InChI is InChI=1S/C4H9NO.C3H8O3/c1-4(6)5(2)3;4-1-3(6)2-5/h1-3H3;3-6H,1-2H2. The van der Waals surface area contributed by atoms with Crippen LogP contribution in [-0.2, 0) is 4.79 Å². The molecule has 0 heterocycles. The van der Waals surface area contributed by atoms with Gasteiger partial charge in [0.15, 0.2) is 0 Å². The molecule has 0 bridgehead atoms. The molecule has 0 aliphatic carbocycles. The zero-order chi connectivity index (χ0) is 10.1. The van der Waals surface area contributed by atoms with E-state index in [0.29, 0.717) is 0 Å². The molecular formula is C7H17NO4. The topological polar surface area (TPSA) is 81.0 Å². The second-order valence-corrected chi connectivity index (χ2v) is 2.43. The lowest BCUT2D eigenvalue weighted by molar-refractivity contribution is -0.126. The second kappa shape index (κ2) is 8.45. The number of aliphatic hydroxyl groups is 3. The lowest BCUT2D eigenvalue weighted by atomic mass is 10.4. The molecule has 0 aromatic heterocycles. The van der Waals surface area contributed by atoms with Crippen LogP contribution in [0, 0.1) is 0 Å². The van der Waals surface area contributed by atoms with E-state index in [-0.39, 0.29) is 19.1 Å². The van der Waals surface area contributed by atoms with Crippen LogP contribution in [0.2, 0.25) is 0 Å². The average Bonchev–Trinajstić information content (AvgIpc) is 2.04. The van der Waals surface area contributed by atoms with Gasteiger partial charge in [-0.3, -0.25) is 4.79 Å².